The van der Waals surface area contributed by atoms with Crippen LogP contribution in [0.2, 0.25) is 5.02 Å². The first-order chi connectivity index (χ1) is 16.0. The molecule has 4 nitrogen and oxygen atoms in total. The largest absolute Gasteiger partial charge is 0.352 e. The Morgan fingerprint density at radius 2 is 1.55 bits per heavy atom. The number of nitrogens with zero attached hydrogens (tertiary/aromatic N) is 1. The van der Waals surface area contributed by atoms with Gasteiger partial charge in [0.1, 0.15) is 5.41 Å². The summed E-state index contributed by atoms with van der Waals surface area (Å²) in [5, 5.41) is 0.588. The third-order valence-corrected chi connectivity index (χ3v) is 7.58. The van der Waals surface area contributed by atoms with Gasteiger partial charge in [0.05, 0.1) is 12.1 Å². The van der Waals surface area contributed by atoms with Crippen molar-refractivity contribution >= 4 is 40.7 Å². The van der Waals surface area contributed by atoms with E-state index in [2.05, 4.69) is 0 Å². The van der Waals surface area contributed by atoms with Crippen LogP contribution >= 0.6 is 11.6 Å². The van der Waals surface area contributed by atoms with Crippen LogP contribution in [0.1, 0.15) is 44.7 Å². The van der Waals surface area contributed by atoms with Crippen molar-refractivity contribution < 1.29 is 14.4 Å². The molecule has 1 spiro atoms. The van der Waals surface area contributed by atoms with Gasteiger partial charge < -0.3 is 4.90 Å². The third-order valence-electron chi connectivity index (χ3n) is 7.34. The molecule has 3 aliphatic rings. The number of anilines is 1. The van der Waals surface area contributed by atoms with Gasteiger partial charge in [-0.25, -0.2) is 0 Å². The Kier molecular flexibility index (Phi) is 4.27. The molecular weight excluding hydrogens is 434 g/mol. The van der Waals surface area contributed by atoms with E-state index in [9.17, 15) is 14.4 Å². The summed E-state index contributed by atoms with van der Waals surface area (Å²) in [6.07, 6.45) is 3.82. The Balaban J connectivity index is 1.68. The molecule has 0 amide bonds. The highest BCUT2D eigenvalue weighted by Crippen LogP contribution is 2.60. The van der Waals surface area contributed by atoms with Crippen LogP contribution in [0.3, 0.4) is 0 Å². The average Bonchev–Trinajstić information content (AvgIpc) is 3.26. The van der Waals surface area contributed by atoms with Gasteiger partial charge in [-0.05, 0) is 36.2 Å². The fourth-order valence-corrected chi connectivity index (χ4v) is 6.31. The highest BCUT2D eigenvalue weighted by atomic mass is 35.5. The van der Waals surface area contributed by atoms with E-state index < -0.39 is 23.4 Å². The Morgan fingerprint density at radius 1 is 0.909 bits per heavy atom. The minimum atomic E-state index is -1.42. The lowest BCUT2D eigenvalue weighted by molar-refractivity contribution is -0.118. The second-order valence-corrected chi connectivity index (χ2v) is 9.37. The zero-order chi connectivity index (χ0) is 22.9. The maximum absolute atomic E-state index is 14.2. The lowest BCUT2D eigenvalue weighted by Gasteiger charge is -2.37. The standard InChI is InChI=1S/C28H20ClNO3/c1-16(31)25-24(17-7-3-2-4-8-17)28(26(32)20-9-5-6-10-21(20)27(28)33)23-14-11-18-15-19(29)12-13-22(18)30(23)25/h2-15,23-25H,1H3/t23-,24-,25-/m1/s1. The molecule has 33 heavy (non-hydrogen) atoms. The Hall–Kier alpha value is -3.50. The molecule has 2 aliphatic heterocycles. The number of hydrogen-bond donors (Lipinski definition) is 0. The van der Waals surface area contributed by atoms with Gasteiger partial charge in [-0.1, -0.05) is 78.4 Å². The van der Waals surface area contributed by atoms with Crippen molar-refractivity contribution in [1.82, 2.24) is 0 Å². The summed E-state index contributed by atoms with van der Waals surface area (Å²) in [5.41, 5.74) is 1.93. The number of benzene rings is 3. The molecule has 162 valence electrons. The van der Waals surface area contributed by atoms with E-state index in [-0.39, 0.29) is 17.3 Å². The molecule has 1 saturated heterocycles. The molecule has 1 fully saturated rings. The Bertz CT molecular complexity index is 1340. The fraction of sp³-hybridized carbons (Fsp3) is 0.179. The lowest BCUT2D eigenvalue weighted by atomic mass is 9.64. The van der Waals surface area contributed by atoms with Crippen LogP contribution in [0.25, 0.3) is 6.08 Å². The van der Waals surface area contributed by atoms with E-state index in [1.54, 1.807) is 37.3 Å². The number of rotatable bonds is 2. The molecule has 3 aromatic carbocycles. The van der Waals surface area contributed by atoms with E-state index in [0.29, 0.717) is 16.1 Å². The van der Waals surface area contributed by atoms with Crippen molar-refractivity contribution in [2.24, 2.45) is 5.41 Å². The molecule has 0 N–H and O–H groups in total. The molecule has 0 unspecified atom stereocenters. The van der Waals surface area contributed by atoms with Gasteiger partial charge in [0, 0.05) is 27.8 Å². The molecule has 5 heteroatoms. The summed E-state index contributed by atoms with van der Waals surface area (Å²) in [4.78, 5) is 43.6. The van der Waals surface area contributed by atoms with E-state index >= 15 is 0 Å². The van der Waals surface area contributed by atoms with Crippen LogP contribution in [0.15, 0.2) is 78.9 Å². The van der Waals surface area contributed by atoms with Gasteiger partial charge in [-0.2, -0.15) is 0 Å². The summed E-state index contributed by atoms with van der Waals surface area (Å²) < 4.78 is 0. The first-order valence-corrected chi connectivity index (χ1v) is 11.3. The van der Waals surface area contributed by atoms with Gasteiger partial charge >= 0.3 is 0 Å². The molecule has 0 bridgehead atoms. The number of carbonyl (C=O) groups excluding carboxylic acids is 3. The molecule has 1 aliphatic carbocycles. The van der Waals surface area contributed by atoms with E-state index in [0.717, 1.165) is 16.8 Å². The van der Waals surface area contributed by atoms with Crippen LogP contribution in [-0.2, 0) is 4.79 Å². The Morgan fingerprint density at radius 3 is 2.18 bits per heavy atom. The Labute approximate surface area is 196 Å². The van der Waals surface area contributed by atoms with Gasteiger partial charge in [-0.15, -0.1) is 0 Å². The van der Waals surface area contributed by atoms with Gasteiger partial charge in [0.25, 0.3) is 0 Å². The number of ketones is 3. The zero-order valence-corrected chi connectivity index (χ0v) is 18.6. The summed E-state index contributed by atoms with van der Waals surface area (Å²) in [7, 11) is 0. The summed E-state index contributed by atoms with van der Waals surface area (Å²) in [6.45, 7) is 1.54. The van der Waals surface area contributed by atoms with Crippen molar-refractivity contribution in [3.63, 3.8) is 0 Å². The van der Waals surface area contributed by atoms with Crippen LogP contribution < -0.4 is 4.90 Å². The van der Waals surface area contributed by atoms with Gasteiger partial charge in [0.2, 0.25) is 0 Å². The first-order valence-electron chi connectivity index (χ1n) is 11.0. The van der Waals surface area contributed by atoms with Crippen molar-refractivity contribution in [3.8, 4) is 0 Å². The molecule has 3 aromatic rings. The van der Waals surface area contributed by atoms with E-state index in [1.165, 1.54) is 0 Å². The van der Waals surface area contributed by atoms with Gasteiger partial charge in [-0.3, -0.25) is 14.4 Å². The van der Waals surface area contributed by atoms with E-state index in [1.807, 2.05) is 59.5 Å². The molecule has 0 radical (unpaired) electrons. The summed E-state index contributed by atoms with van der Waals surface area (Å²) >= 11 is 6.24. The van der Waals surface area contributed by atoms with Crippen LogP contribution in [0.4, 0.5) is 5.69 Å². The third kappa shape index (κ3) is 2.50. The van der Waals surface area contributed by atoms with E-state index in [4.69, 9.17) is 11.6 Å². The lowest BCUT2D eigenvalue weighted by Crippen LogP contribution is -2.48. The highest BCUT2D eigenvalue weighted by Gasteiger charge is 2.71. The van der Waals surface area contributed by atoms with Crippen molar-refractivity contribution in [1.29, 1.82) is 0 Å². The maximum Gasteiger partial charge on any atom is 0.180 e. The van der Waals surface area contributed by atoms with Gasteiger partial charge in [0.15, 0.2) is 17.3 Å². The number of halogens is 1. The molecule has 3 atom stereocenters. The minimum Gasteiger partial charge on any atom is -0.352 e. The number of Topliss-reactive ketones (excluding diaryl/α,β-unsaturated/α-hetero) is 3. The average molecular weight is 454 g/mol. The summed E-state index contributed by atoms with van der Waals surface area (Å²) in [5.74, 6) is -1.13. The molecule has 0 saturated carbocycles. The predicted octanol–water partition coefficient (Wildman–Crippen LogP) is 5.36. The van der Waals surface area contributed by atoms with Crippen LogP contribution in [0.5, 0.6) is 0 Å². The minimum absolute atomic E-state index is 0.0847. The number of hydrogen-bond acceptors (Lipinski definition) is 4. The summed E-state index contributed by atoms with van der Waals surface area (Å²) in [6, 6.07) is 20.7. The normalized spacial score (nSPS) is 24.1. The highest BCUT2D eigenvalue weighted by molar-refractivity contribution is 6.32. The molecule has 0 aromatic heterocycles. The SMILES string of the molecule is CC(=O)[C@@H]1[C@@H](c2ccccc2)C2(C(=O)c3ccccc3C2=O)[C@H]2C=Cc3cc(Cl)ccc3N12. The van der Waals surface area contributed by atoms with Crippen molar-refractivity contribution in [3.05, 3.63) is 106 Å². The quantitative estimate of drug-likeness (QED) is 0.490. The number of fused-ring (bicyclic) bond motifs is 5. The molecular formula is C28H20ClNO3. The topological polar surface area (TPSA) is 54.5 Å². The number of carbonyl (C=O) groups is 3. The second-order valence-electron chi connectivity index (χ2n) is 8.93. The van der Waals surface area contributed by atoms with Crippen molar-refractivity contribution in [2.75, 3.05) is 4.90 Å². The van der Waals surface area contributed by atoms with Crippen molar-refractivity contribution in [2.45, 2.75) is 24.9 Å². The second kappa shape index (κ2) is 7.00. The smallest absolute Gasteiger partial charge is 0.180 e. The van der Waals surface area contributed by atoms with Crippen LogP contribution in [-0.4, -0.2) is 29.4 Å². The van der Waals surface area contributed by atoms with Crippen LogP contribution in [0, 0.1) is 5.41 Å². The first kappa shape index (κ1) is 20.1. The molecule has 2 heterocycles. The monoisotopic (exact) mass is 453 g/mol. The maximum atomic E-state index is 14.2. The predicted molar refractivity (Wildman–Crippen MR) is 128 cm³/mol. The fourth-order valence-electron chi connectivity index (χ4n) is 6.13. The zero-order valence-electron chi connectivity index (χ0n) is 17.9. The molecule has 6 rings (SSSR count).